The van der Waals surface area contributed by atoms with Crippen LogP contribution >= 0.6 is 11.8 Å². The second-order valence-corrected chi connectivity index (χ2v) is 9.58. The van der Waals surface area contributed by atoms with Crippen molar-refractivity contribution in [3.05, 3.63) is 70.5 Å². The lowest BCUT2D eigenvalue weighted by molar-refractivity contribution is -0.132. The van der Waals surface area contributed by atoms with Gasteiger partial charge in [0.1, 0.15) is 0 Å². The molecule has 1 fully saturated rings. The molecule has 0 spiro atoms. The van der Waals surface area contributed by atoms with Crippen LogP contribution in [0.15, 0.2) is 69.0 Å². The molecule has 2 aromatic heterocycles. The van der Waals surface area contributed by atoms with Gasteiger partial charge in [0.05, 0.1) is 17.7 Å². The molecule has 1 saturated heterocycles. The minimum Gasteiger partial charge on any atom is -0.409 e. The molecule has 180 valence electrons. The number of piperidine rings is 1. The van der Waals surface area contributed by atoms with E-state index in [0.717, 1.165) is 31.4 Å². The van der Waals surface area contributed by atoms with Gasteiger partial charge in [0, 0.05) is 18.0 Å². The molecule has 3 heterocycles. The van der Waals surface area contributed by atoms with Crippen LogP contribution in [0.5, 0.6) is 0 Å². The van der Waals surface area contributed by atoms with E-state index in [9.17, 15) is 9.59 Å². The summed E-state index contributed by atoms with van der Waals surface area (Å²) in [5.74, 6) is 0.573. The predicted octanol–water partition coefficient (Wildman–Crippen LogP) is 4.38. The van der Waals surface area contributed by atoms with Crippen LogP contribution < -0.4 is 5.56 Å². The number of carbonyl (C=O) groups excluding carboxylic acids is 1. The highest BCUT2D eigenvalue weighted by Crippen LogP contribution is 2.28. The Kier molecular flexibility index (Phi) is 6.94. The number of fused-ring (bicyclic) bond motifs is 1. The first-order valence-corrected chi connectivity index (χ1v) is 12.9. The van der Waals surface area contributed by atoms with Crippen molar-refractivity contribution in [2.75, 3.05) is 12.3 Å². The second-order valence-electron chi connectivity index (χ2n) is 8.65. The van der Waals surface area contributed by atoms with Gasteiger partial charge in [-0.15, -0.1) is 10.2 Å². The van der Waals surface area contributed by atoms with E-state index >= 15 is 0 Å². The molecule has 1 unspecified atom stereocenters. The van der Waals surface area contributed by atoms with Crippen molar-refractivity contribution in [3.8, 4) is 11.6 Å². The summed E-state index contributed by atoms with van der Waals surface area (Å²) in [5, 5.41) is 14.4. The molecule has 35 heavy (non-hydrogen) atoms. The molecule has 0 radical (unpaired) electrons. The summed E-state index contributed by atoms with van der Waals surface area (Å²) < 4.78 is 7.33. The summed E-state index contributed by atoms with van der Waals surface area (Å²) in [6.07, 6.45) is 4.26. The minimum atomic E-state index is -0.181. The van der Waals surface area contributed by atoms with E-state index in [1.54, 1.807) is 6.07 Å². The van der Waals surface area contributed by atoms with Crippen LogP contribution in [0.1, 0.15) is 38.2 Å². The number of thioether (sulfide) groups is 1. The fourth-order valence-corrected chi connectivity index (χ4v) is 5.23. The highest BCUT2D eigenvalue weighted by molar-refractivity contribution is 7.99. The lowest BCUT2D eigenvalue weighted by atomic mass is 10.0. The van der Waals surface area contributed by atoms with E-state index in [2.05, 4.69) is 22.2 Å². The van der Waals surface area contributed by atoms with Gasteiger partial charge >= 0.3 is 0 Å². The van der Waals surface area contributed by atoms with Gasteiger partial charge in [0.25, 0.3) is 16.7 Å². The summed E-state index contributed by atoms with van der Waals surface area (Å²) in [4.78, 5) is 27.9. The number of rotatable bonds is 7. The Bertz CT molecular complexity index is 1380. The molecule has 2 aromatic carbocycles. The number of likely N-dealkylation sites (tertiary alicyclic amines) is 1. The third-order valence-electron chi connectivity index (χ3n) is 6.39. The molecule has 8 nitrogen and oxygen atoms in total. The molecule has 4 aromatic rings. The highest BCUT2D eigenvalue weighted by Gasteiger charge is 2.26. The van der Waals surface area contributed by atoms with Gasteiger partial charge in [-0.3, -0.25) is 9.59 Å². The summed E-state index contributed by atoms with van der Waals surface area (Å²) in [6.45, 7) is 3.27. The van der Waals surface area contributed by atoms with Crippen LogP contribution in [0.25, 0.3) is 22.4 Å². The molecule has 0 aliphatic carbocycles. The van der Waals surface area contributed by atoms with Crippen molar-refractivity contribution in [1.29, 1.82) is 0 Å². The third kappa shape index (κ3) is 5.00. The molecule has 1 amide bonds. The fourth-order valence-electron chi connectivity index (χ4n) is 4.58. The van der Waals surface area contributed by atoms with E-state index in [1.165, 1.54) is 22.9 Å². The highest BCUT2D eigenvalue weighted by atomic mass is 32.2. The third-order valence-corrected chi connectivity index (χ3v) is 7.19. The van der Waals surface area contributed by atoms with E-state index in [1.807, 2.05) is 53.4 Å². The second kappa shape index (κ2) is 10.4. The molecule has 0 bridgehead atoms. The first-order valence-electron chi connectivity index (χ1n) is 11.9. The van der Waals surface area contributed by atoms with Crippen molar-refractivity contribution in [2.24, 2.45) is 0 Å². The van der Waals surface area contributed by atoms with Crippen molar-refractivity contribution in [2.45, 2.75) is 50.4 Å². The Balaban J connectivity index is 1.40. The monoisotopic (exact) mass is 489 g/mol. The SMILES string of the molecule is CCC1CCCCN1C(=O)CSc1nnc(-c2nn(Cc3ccccc3)c(=O)c3ccccc23)o1. The minimum absolute atomic E-state index is 0.0984. The topological polar surface area (TPSA) is 94.1 Å². The first-order chi connectivity index (χ1) is 17.1. The van der Waals surface area contributed by atoms with Gasteiger partial charge in [-0.1, -0.05) is 67.2 Å². The molecular weight excluding hydrogens is 462 g/mol. The Hall–Kier alpha value is -3.46. The number of hydrogen-bond acceptors (Lipinski definition) is 7. The summed E-state index contributed by atoms with van der Waals surface area (Å²) in [6, 6.07) is 17.3. The van der Waals surface area contributed by atoms with Crippen LogP contribution in [0, 0.1) is 0 Å². The summed E-state index contributed by atoms with van der Waals surface area (Å²) in [7, 11) is 0. The number of nitrogens with zero attached hydrogens (tertiary/aromatic N) is 5. The number of aromatic nitrogens is 4. The van der Waals surface area contributed by atoms with Crippen LogP contribution in [-0.2, 0) is 11.3 Å². The van der Waals surface area contributed by atoms with Crippen LogP contribution in [0.2, 0.25) is 0 Å². The molecule has 1 aliphatic heterocycles. The van der Waals surface area contributed by atoms with Gasteiger partial charge in [-0.25, -0.2) is 4.68 Å². The predicted molar refractivity (Wildman–Crippen MR) is 135 cm³/mol. The number of amides is 1. The van der Waals surface area contributed by atoms with E-state index in [4.69, 9.17) is 4.42 Å². The van der Waals surface area contributed by atoms with Crippen molar-refractivity contribution < 1.29 is 9.21 Å². The quantitative estimate of drug-likeness (QED) is 0.356. The Labute approximate surface area is 207 Å². The van der Waals surface area contributed by atoms with E-state index < -0.39 is 0 Å². The molecule has 1 aliphatic rings. The summed E-state index contributed by atoms with van der Waals surface area (Å²) >= 11 is 1.24. The number of benzene rings is 2. The van der Waals surface area contributed by atoms with Crippen molar-refractivity contribution >= 4 is 28.4 Å². The van der Waals surface area contributed by atoms with Gasteiger partial charge < -0.3 is 9.32 Å². The van der Waals surface area contributed by atoms with Crippen LogP contribution in [0.3, 0.4) is 0 Å². The molecule has 9 heteroatoms. The first kappa shape index (κ1) is 23.3. The lowest BCUT2D eigenvalue weighted by Gasteiger charge is -2.35. The Morgan fingerprint density at radius 1 is 1.06 bits per heavy atom. The molecule has 0 saturated carbocycles. The Morgan fingerprint density at radius 3 is 2.63 bits per heavy atom. The standard InChI is InChI=1S/C26H27N5O3S/c1-2-19-12-8-9-15-30(19)22(32)17-35-26-28-27-24(34-26)23-20-13-6-7-14-21(20)25(33)31(29-23)16-18-10-4-3-5-11-18/h3-7,10-11,13-14,19H,2,8-9,12,15-17H2,1H3. The maximum absolute atomic E-state index is 13.1. The lowest BCUT2D eigenvalue weighted by Crippen LogP contribution is -2.44. The Morgan fingerprint density at radius 2 is 1.83 bits per heavy atom. The van der Waals surface area contributed by atoms with Gasteiger partial charge in [-0.2, -0.15) is 5.10 Å². The van der Waals surface area contributed by atoms with Gasteiger partial charge in [0.15, 0.2) is 5.69 Å². The van der Waals surface area contributed by atoms with Gasteiger partial charge in [0.2, 0.25) is 5.91 Å². The largest absolute Gasteiger partial charge is 0.409 e. The average molecular weight is 490 g/mol. The molecule has 5 rings (SSSR count). The van der Waals surface area contributed by atoms with Crippen LogP contribution in [0.4, 0.5) is 0 Å². The molecule has 1 atom stereocenters. The zero-order valence-corrected chi connectivity index (χ0v) is 20.4. The number of hydrogen-bond donors (Lipinski definition) is 0. The normalized spacial score (nSPS) is 16.0. The van der Waals surface area contributed by atoms with Crippen molar-refractivity contribution in [1.82, 2.24) is 24.9 Å². The zero-order valence-electron chi connectivity index (χ0n) is 19.6. The van der Waals surface area contributed by atoms with E-state index in [-0.39, 0.29) is 23.1 Å². The van der Waals surface area contributed by atoms with Crippen LogP contribution in [-0.4, -0.2) is 49.1 Å². The number of carbonyl (C=O) groups is 1. The fraction of sp³-hybridized carbons (Fsp3) is 0.346. The summed E-state index contributed by atoms with van der Waals surface area (Å²) in [5.41, 5.74) is 1.23. The van der Waals surface area contributed by atoms with Gasteiger partial charge in [-0.05, 0) is 37.3 Å². The average Bonchev–Trinajstić information content (AvgIpc) is 3.38. The molecular formula is C26H27N5O3S. The maximum Gasteiger partial charge on any atom is 0.277 e. The maximum atomic E-state index is 13.1. The van der Waals surface area contributed by atoms with E-state index in [0.29, 0.717) is 34.3 Å². The molecule has 0 N–H and O–H groups in total. The zero-order chi connectivity index (χ0) is 24.2. The smallest absolute Gasteiger partial charge is 0.277 e. The van der Waals surface area contributed by atoms with Crippen molar-refractivity contribution in [3.63, 3.8) is 0 Å².